The van der Waals surface area contributed by atoms with Crippen molar-refractivity contribution in [3.8, 4) is 17.1 Å². The third-order valence-corrected chi connectivity index (χ3v) is 4.21. The van der Waals surface area contributed by atoms with E-state index in [0.29, 0.717) is 11.5 Å². The number of para-hydroxylation sites is 1. The molecule has 4 heteroatoms. The van der Waals surface area contributed by atoms with Crippen LogP contribution >= 0.6 is 0 Å². The highest BCUT2D eigenvalue weighted by Crippen LogP contribution is 2.34. The number of hydrogen-bond donors (Lipinski definition) is 0. The predicted octanol–water partition coefficient (Wildman–Crippen LogP) is 5.29. The average molecular weight is 334 g/mol. The maximum absolute atomic E-state index is 7.62. The maximum Gasteiger partial charge on any atom is 0.267 e. The summed E-state index contributed by atoms with van der Waals surface area (Å²) >= 11 is 0. The molecule has 0 unspecified atom stereocenters. The van der Waals surface area contributed by atoms with Gasteiger partial charge in [-0.15, -0.1) is 0 Å². The molecule has 0 spiro atoms. The first kappa shape index (κ1) is 12.5. The van der Waals surface area contributed by atoms with E-state index in [1.54, 1.807) is 0 Å². The molecule has 25 heavy (non-hydrogen) atoms. The Bertz CT molecular complexity index is 1140. The van der Waals surface area contributed by atoms with Gasteiger partial charge in [0, 0.05) is 16.5 Å². The maximum atomic E-state index is 7.62. The minimum absolute atomic E-state index is 0.127. The van der Waals surface area contributed by atoms with Crippen LogP contribution in [0, 0.1) is 6.85 Å². The van der Waals surface area contributed by atoms with Crippen LogP contribution < -0.4 is 0 Å². The summed E-state index contributed by atoms with van der Waals surface area (Å²) in [6, 6.07) is 17.8. The lowest BCUT2D eigenvalue weighted by atomic mass is 9.85. The average Bonchev–Trinajstić information content (AvgIpc) is 3.19. The summed E-state index contributed by atoms with van der Waals surface area (Å²) in [5, 5.41) is 0. The Morgan fingerprint density at radius 2 is 1.68 bits per heavy atom. The Morgan fingerprint density at radius 3 is 2.40 bits per heavy atom. The van der Waals surface area contributed by atoms with Gasteiger partial charge < -0.3 is 4.42 Å². The van der Waals surface area contributed by atoms with Crippen LogP contribution in [0.3, 0.4) is 0 Å². The molecular weight excluding hydrogens is 310 g/mol. The highest BCUT2D eigenvalue weighted by atomic mass is 16.4. The van der Waals surface area contributed by atoms with Crippen molar-refractivity contribution in [1.29, 1.82) is 0 Å². The smallest absolute Gasteiger partial charge is 0.267 e. The Morgan fingerprint density at radius 1 is 0.960 bits per heavy atom. The van der Waals surface area contributed by atoms with Gasteiger partial charge in [0.25, 0.3) is 5.71 Å². The molecule has 2 aromatic heterocycles. The van der Waals surface area contributed by atoms with E-state index < -0.39 is 6.85 Å². The summed E-state index contributed by atoms with van der Waals surface area (Å²) in [7, 11) is 0. The second kappa shape index (κ2) is 5.59. The van der Waals surface area contributed by atoms with E-state index in [0.717, 1.165) is 16.8 Å². The molecule has 126 valence electrons. The van der Waals surface area contributed by atoms with Gasteiger partial charge in [0.1, 0.15) is 5.82 Å². The van der Waals surface area contributed by atoms with Gasteiger partial charge in [-0.05, 0) is 17.0 Å². The molecular formula is C21H21N3O. The van der Waals surface area contributed by atoms with Crippen molar-refractivity contribution in [2.75, 3.05) is 0 Å². The van der Waals surface area contributed by atoms with E-state index in [1.165, 1.54) is 0 Å². The molecule has 2 aromatic carbocycles. The normalized spacial score (nSPS) is 14.3. The summed E-state index contributed by atoms with van der Waals surface area (Å²) in [6.07, 6.45) is 0. The van der Waals surface area contributed by atoms with Crippen molar-refractivity contribution in [1.82, 2.24) is 14.5 Å². The second-order valence-corrected chi connectivity index (χ2v) is 7.05. The van der Waals surface area contributed by atoms with E-state index in [9.17, 15) is 0 Å². The van der Waals surface area contributed by atoms with Crippen LogP contribution in [0.25, 0.3) is 28.4 Å². The van der Waals surface area contributed by atoms with E-state index in [-0.39, 0.29) is 17.0 Å². The fraction of sp³-hybridized carbons (Fsp3) is 0.238. The van der Waals surface area contributed by atoms with Crippen molar-refractivity contribution in [2.24, 2.45) is 0 Å². The lowest BCUT2D eigenvalue weighted by molar-refractivity contribution is 0.551. The number of aryl methyl sites for hydroxylation is 1. The lowest BCUT2D eigenvalue weighted by Gasteiger charge is -2.23. The van der Waals surface area contributed by atoms with E-state index in [4.69, 9.17) is 8.53 Å². The fourth-order valence-corrected chi connectivity index (χ4v) is 3.08. The Labute approximate surface area is 151 Å². The molecule has 0 atom stereocenters. The third kappa shape index (κ3) is 2.64. The number of fused-ring (bicyclic) bond motifs is 1. The molecule has 0 aliphatic carbocycles. The number of imidazole rings is 1. The number of oxazole rings is 1. The van der Waals surface area contributed by atoms with Crippen LogP contribution in [0.5, 0.6) is 0 Å². The zero-order valence-electron chi connectivity index (χ0n) is 17.4. The highest BCUT2D eigenvalue weighted by molar-refractivity contribution is 5.77. The minimum Gasteiger partial charge on any atom is -0.421 e. The molecule has 0 aliphatic heterocycles. The number of hydrogen-bond acceptors (Lipinski definition) is 3. The number of benzene rings is 2. The van der Waals surface area contributed by atoms with Crippen LogP contribution in [-0.2, 0) is 5.41 Å². The molecule has 0 radical (unpaired) electrons. The van der Waals surface area contributed by atoms with Crippen LogP contribution in [0.2, 0.25) is 0 Å². The van der Waals surface area contributed by atoms with E-state index >= 15 is 0 Å². The van der Waals surface area contributed by atoms with E-state index in [2.05, 4.69) is 36.8 Å². The summed E-state index contributed by atoms with van der Waals surface area (Å²) < 4.78 is 30.3. The summed E-state index contributed by atoms with van der Waals surface area (Å²) in [4.78, 5) is 8.90. The Hall–Kier alpha value is -2.88. The molecule has 0 amide bonds. The van der Waals surface area contributed by atoms with Crippen LogP contribution in [-0.4, -0.2) is 14.5 Å². The zero-order valence-corrected chi connectivity index (χ0v) is 14.4. The first-order chi connectivity index (χ1) is 13.2. The molecule has 4 aromatic rings. The van der Waals surface area contributed by atoms with Crippen molar-refractivity contribution in [2.45, 2.75) is 33.0 Å². The van der Waals surface area contributed by atoms with Gasteiger partial charge in [-0.2, -0.15) is 9.97 Å². The number of nitrogens with zero attached hydrogens (tertiary/aromatic N) is 3. The minimum atomic E-state index is -2.43. The summed E-state index contributed by atoms with van der Waals surface area (Å²) in [5.41, 5.74) is 3.40. The quantitative estimate of drug-likeness (QED) is 0.500. The Balaban J connectivity index is 2.07. The van der Waals surface area contributed by atoms with Gasteiger partial charge in [0.2, 0.25) is 5.65 Å². The first-order valence-electron chi connectivity index (χ1n) is 9.71. The van der Waals surface area contributed by atoms with Gasteiger partial charge in [-0.25, -0.2) is 0 Å². The number of aromatic nitrogens is 3. The van der Waals surface area contributed by atoms with Gasteiger partial charge in [-0.1, -0.05) is 69.3 Å². The van der Waals surface area contributed by atoms with Crippen molar-refractivity contribution < 1.29 is 8.53 Å². The summed E-state index contributed by atoms with van der Waals surface area (Å²) in [5.74, 6) is 0.363. The van der Waals surface area contributed by atoms with Crippen LogP contribution in [0.1, 0.15) is 36.3 Å². The van der Waals surface area contributed by atoms with E-state index in [1.807, 2.05) is 53.1 Å². The highest BCUT2D eigenvalue weighted by Gasteiger charge is 2.24. The Kier molecular flexibility index (Phi) is 2.79. The fourth-order valence-electron chi connectivity index (χ4n) is 3.08. The van der Waals surface area contributed by atoms with Gasteiger partial charge >= 0.3 is 0 Å². The largest absolute Gasteiger partial charge is 0.421 e. The SMILES string of the molecule is [2H]C([2H])([2H])c1nc2c(nc(-c3ccccc3)n2-c2ccccc2C(C)(C)C)o1. The lowest BCUT2D eigenvalue weighted by Crippen LogP contribution is -2.15. The number of rotatable bonds is 2. The molecule has 4 nitrogen and oxygen atoms in total. The van der Waals surface area contributed by atoms with Crippen LogP contribution in [0.4, 0.5) is 0 Å². The van der Waals surface area contributed by atoms with Gasteiger partial charge in [-0.3, -0.25) is 4.57 Å². The first-order valence-corrected chi connectivity index (χ1v) is 8.21. The van der Waals surface area contributed by atoms with Gasteiger partial charge in [0.05, 0.1) is 5.69 Å². The van der Waals surface area contributed by atoms with Crippen LogP contribution in [0.15, 0.2) is 59.0 Å². The third-order valence-electron chi connectivity index (χ3n) is 4.21. The van der Waals surface area contributed by atoms with Gasteiger partial charge in [0.15, 0.2) is 5.89 Å². The molecule has 0 saturated carbocycles. The molecule has 0 bridgehead atoms. The monoisotopic (exact) mass is 334 g/mol. The summed E-state index contributed by atoms with van der Waals surface area (Å²) in [6.45, 7) is 3.98. The standard InChI is InChI=1S/C21H21N3O/c1-14-22-19-20(25-14)23-18(15-10-6-5-7-11-15)24(19)17-13-9-8-12-16(17)21(2,3)4/h5-13H,1-4H3/i1D3. The molecule has 4 rings (SSSR count). The second-order valence-electron chi connectivity index (χ2n) is 7.05. The van der Waals surface area contributed by atoms with Crippen molar-refractivity contribution >= 4 is 11.4 Å². The molecule has 0 saturated heterocycles. The predicted molar refractivity (Wildman–Crippen MR) is 100 cm³/mol. The van der Waals surface area contributed by atoms with Crippen molar-refractivity contribution in [3.63, 3.8) is 0 Å². The van der Waals surface area contributed by atoms with Crippen molar-refractivity contribution in [3.05, 3.63) is 66.1 Å². The molecule has 2 heterocycles. The molecule has 0 N–H and O–H groups in total. The molecule has 0 fully saturated rings. The topological polar surface area (TPSA) is 43.9 Å². The zero-order chi connectivity index (χ0) is 20.1. The molecule has 0 aliphatic rings.